The van der Waals surface area contributed by atoms with E-state index in [1.54, 1.807) is 18.2 Å². The Balaban J connectivity index is 1.48. The summed E-state index contributed by atoms with van der Waals surface area (Å²) in [6, 6.07) is 10.1. The first-order valence-corrected chi connectivity index (χ1v) is 11.9. The SMILES string of the molecule is CCOc1cc2c(cc1/C=C/C(=O)Nc1cccc(S(=O)(=O)NC3CC3)c1)OC(C)C2. The number of anilines is 1. The Morgan fingerprint density at radius 3 is 2.81 bits per heavy atom. The number of hydrogen-bond acceptors (Lipinski definition) is 5. The highest BCUT2D eigenvalue weighted by atomic mass is 32.2. The van der Waals surface area contributed by atoms with Crippen molar-refractivity contribution in [3.63, 3.8) is 0 Å². The summed E-state index contributed by atoms with van der Waals surface area (Å²) < 4.78 is 38.9. The Bertz CT molecular complexity index is 1120. The van der Waals surface area contributed by atoms with E-state index in [0.29, 0.717) is 18.0 Å². The quantitative estimate of drug-likeness (QED) is 0.611. The van der Waals surface area contributed by atoms with Gasteiger partial charge < -0.3 is 14.8 Å². The molecule has 2 aliphatic rings. The van der Waals surface area contributed by atoms with Crippen LogP contribution in [0.15, 0.2) is 47.4 Å². The number of carbonyl (C=O) groups excluding carboxylic acids is 1. The summed E-state index contributed by atoms with van der Waals surface area (Å²) in [5.74, 6) is 1.13. The van der Waals surface area contributed by atoms with Crippen LogP contribution in [0, 0.1) is 0 Å². The molecule has 4 rings (SSSR count). The first-order valence-electron chi connectivity index (χ1n) is 10.4. The monoisotopic (exact) mass is 442 g/mol. The van der Waals surface area contributed by atoms with Crippen molar-refractivity contribution in [1.82, 2.24) is 4.72 Å². The molecule has 1 atom stereocenters. The maximum absolute atomic E-state index is 12.5. The Morgan fingerprint density at radius 2 is 2.06 bits per heavy atom. The third-order valence-corrected chi connectivity index (χ3v) is 6.57. The Morgan fingerprint density at radius 1 is 1.26 bits per heavy atom. The van der Waals surface area contributed by atoms with Gasteiger partial charge in [0.1, 0.15) is 17.6 Å². The molecule has 0 aromatic heterocycles. The van der Waals surface area contributed by atoms with Crippen molar-refractivity contribution < 1.29 is 22.7 Å². The minimum atomic E-state index is -3.58. The van der Waals surface area contributed by atoms with Gasteiger partial charge in [-0.3, -0.25) is 4.79 Å². The maximum atomic E-state index is 12.5. The second-order valence-corrected chi connectivity index (χ2v) is 9.52. The number of nitrogens with one attached hydrogen (secondary N) is 2. The molecular formula is C23H26N2O5S. The van der Waals surface area contributed by atoms with E-state index in [-0.39, 0.29) is 22.9 Å². The number of ether oxygens (including phenoxy) is 2. The third kappa shape index (κ3) is 5.26. The third-order valence-electron chi connectivity index (χ3n) is 5.05. The summed E-state index contributed by atoms with van der Waals surface area (Å²) in [5, 5.41) is 2.71. The van der Waals surface area contributed by atoms with E-state index in [1.165, 1.54) is 18.2 Å². The number of sulfonamides is 1. The van der Waals surface area contributed by atoms with Crippen molar-refractivity contribution in [2.24, 2.45) is 0 Å². The lowest BCUT2D eigenvalue weighted by atomic mass is 10.1. The molecular weight excluding hydrogens is 416 g/mol. The summed E-state index contributed by atoms with van der Waals surface area (Å²) in [7, 11) is -3.58. The van der Waals surface area contributed by atoms with Crippen LogP contribution in [0.4, 0.5) is 5.69 Å². The molecule has 1 amide bonds. The van der Waals surface area contributed by atoms with E-state index in [4.69, 9.17) is 9.47 Å². The van der Waals surface area contributed by atoms with E-state index >= 15 is 0 Å². The van der Waals surface area contributed by atoms with Crippen molar-refractivity contribution in [1.29, 1.82) is 0 Å². The van der Waals surface area contributed by atoms with Gasteiger partial charge in [-0.15, -0.1) is 0 Å². The van der Waals surface area contributed by atoms with Crippen molar-refractivity contribution in [3.05, 3.63) is 53.6 Å². The van der Waals surface area contributed by atoms with Crippen LogP contribution < -0.4 is 19.5 Å². The summed E-state index contributed by atoms with van der Waals surface area (Å²) in [4.78, 5) is 12.6. The molecule has 1 heterocycles. The molecule has 2 aromatic rings. The van der Waals surface area contributed by atoms with Crippen LogP contribution in [-0.2, 0) is 21.2 Å². The molecule has 31 heavy (non-hydrogen) atoms. The van der Waals surface area contributed by atoms with Crippen molar-refractivity contribution in [3.8, 4) is 11.5 Å². The zero-order chi connectivity index (χ0) is 22.0. The molecule has 0 radical (unpaired) electrons. The number of carbonyl (C=O) groups is 1. The van der Waals surface area contributed by atoms with E-state index in [0.717, 1.165) is 36.1 Å². The smallest absolute Gasteiger partial charge is 0.248 e. The summed E-state index contributed by atoms with van der Waals surface area (Å²) in [6.07, 6.45) is 5.72. The number of benzene rings is 2. The van der Waals surface area contributed by atoms with Crippen LogP contribution in [-0.4, -0.2) is 33.1 Å². The number of rotatable bonds is 8. The molecule has 0 saturated heterocycles. The standard InChI is InChI=1S/C23H26N2O5S/c1-3-29-21-13-17-11-15(2)30-22(17)12-16(21)7-10-23(26)24-19-5-4-6-20(14-19)31(27,28)25-18-8-9-18/h4-7,10,12-15,18,25H,3,8-9,11H2,1-2H3,(H,24,26)/b10-7+. The van der Waals surface area contributed by atoms with Gasteiger partial charge in [0.05, 0.1) is 11.5 Å². The minimum Gasteiger partial charge on any atom is -0.493 e. The highest BCUT2D eigenvalue weighted by Gasteiger charge is 2.28. The highest BCUT2D eigenvalue weighted by Crippen LogP contribution is 2.35. The molecule has 1 unspecified atom stereocenters. The van der Waals surface area contributed by atoms with Crippen LogP contribution >= 0.6 is 0 Å². The molecule has 0 bridgehead atoms. The zero-order valence-electron chi connectivity index (χ0n) is 17.6. The summed E-state index contributed by atoms with van der Waals surface area (Å²) in [5.41, 5.74) is 2.25. The van der Waals surface area contributed by atoms with Gasteiger partial charge in [-0.25, -0.2) is 13.1 Å². The fraction of sp³-hybridized carbons (Fsp3) is 0.348. The van der Waals surface area contributed by atoms with Crippen LogP contribution in [0.1, 0.15) is 37.8 Å². The molecule has 1 aliphatic heterocycles. The van der Waals surface area contributed by atoms with Gasteiger partial charge in [0, 0.05) is 35.4 Å². The fourth-order valence-corrected chi connectivity index (χ4v) is 4.80. The normalized spacial score (nSPS) is 17.9. The Hall–Kier alpha value is -2.84. The highest BCUT2D eigenvalue weighted by molar-refractivity contribution is 7.89. The minimum absolute atomic E-state index is 0.0185. The van der Waals surface area contributed by atoms with Crippen molar-refractivity contribution in [2.75, 3.05) is 11.9 Å². The lowest BCUT2D eigenvalue weighted by molar-refractivity contribution is -0.111. The van der Waals surface area contributed by atoms with Crippen LogP contribution in [0.25, 0.3) is 6.08 Å². The van der Waals surface area contributed by atoms with Crippen molar-refractivity contribution in [2.45, 2.75) is 50.2 Å². The van der Waals surface area contributed by atoms with Gasteiger partial charge in [-0.05, 0) is 63.1 Å². The topological polar surface area (TPSA) is 93.7 Å². The van der Waals surface area contributed by atoms with Crippen molar-refractivity contribution >= 4 is 27.7 Å². The average Bonchev–Trinajstić information content (AvgIpc) is 3.44. The largest absolute Gasteiger partial charge is 0.493 e. The number of hydrogen-bond donors (Lipinski definition) is 2. The Labute approximate surface area is 182 Å². The molecule has 8 heteroatoms. The second kappa shape index (κ2) is 8.72. The van der Waals surface area contributed by atoms with E-state index in [9.17, 15) is 13.2 Å². The maximum Gasteiger partial charge on any atom is 0.248 e. The first kappa shape index (κ1) is 21.4. The van der Waals surface area contributed by atoms with E-state index < -0.39 is 10.0 Å². The molecule has 1 saturated carbocycles. The molecule has 1 aliphatic carbocycles. The summed E-state index contributed by atoms with van der Waals surface area (Å²) >= 11 is 0. The molecule has 7 nitrogen and oxygen atoms in total. The first-order chi connectivity index (χ1) is 14.8. The zero-order valence-corrected chi connectivity index (χ0v) is 18.4. The number of amides is 1. The van der Waals surface area contributed by atoms with E-state index in [1.807, 2.05) is 26.0 Å². The lowest BCUT2D eigenvalue weighted by Gasteiger charge is -2.10. The Kier molecular flexibility index (Phi) is 6.02. The molecule has 0 spiro atoms. The van der Waals surface area contributed by atoms with Crippen LogP contribution in [0.2, 0.25) is 0 Å². The van der Waals surface area contributed by atoms with Gasteiger partial charge in [0.2, 0.25) is 15.9 Å². The number of fused-ring (bicyclic) bond motifs is 1. The van der Waals surface area contributed by atoms with Crippen LogP contribution in [0.5, 0.6) is 11.5 Å². The molecule has 1 fully saturated rings. The van der Waals surface area contributed by atoms with Gasteiger partial charge >= 0.3 is 0 Å². The van der Waals surface area contributed by atoms with Crippen LogP contribution in [0.3, 0.4) is 0 Å². The summed E-state index contributed by atoms with van der Waals surface area (Å²) in [6.45, 7) is 4.43. The van der Waals surface area contributed by atoms with Gasteiger partial charge in [0.15, 0.2) is 0 Å². The van der Waals surface area contributed by atoms with E-state index in [2.05, 4.69) is 10.0 Å². The fourth-order valence-electron chi connectivity index (χ4n) is 3.44. The average molecular weight is 443 g/mol. The predicted molar refractivity (Wildman–Crippen MR) is 119 cm³/mol. The predicted octanol–water partition coefficient (Wildman–Crippen LogP) is 3.50. The van der Waals surface area contributed by atoms with Gasteiger partial charge in [-0.1, -0.05) is 6.07 Å². The molecule has 164 valence electrons. The van der Waals surface area contributed by atoms with Gasteiger partial charge in [-0.2, -0.15) is 0 Å². The lowest BCUT2D eigenvalue weighted by Crippen LogP contribution is -2.25. The molecule has 2 N–H and O–H groups in total. The second-order valence-electron chi connectivity index (χ2n) is 7.81. The van der Waals surface area contributed by atoms with Gasteiger partial charge in [0.25, 0.3) is 0 Å². The molecule has 2 aromatic carbocycles.